The van der Waals surface area contributed by atoms with Gasteiger partial charge in [-0.15, -0.1) is 0 Å². The normalized spacial score (nSPS) is 17.5. The number of nitrogens with one attached hydrogen (secondary N) is 2. The van der Waals surface area contributed by atoms with Gasteiger partial charge in [0.05, 0.1) is 0 Å². The molecule has 5 heteroatoms. The van der Waals surface area contributed by atoms with Crippen LogP contribution in [0.2, 0.25) is 0 Å². The van der Waals surface area contributed by atoms with E-state index in [4.69, 9.17) is 0 Å². The Hall–Kier alpha value is -3.73. The van der Waals surface area contributed by atoms with Crippen LogP contribution in [0.15, 0.2) is 78.9 Å². The van der Waals surface area contributed by atoms with Crippen LogP contribution in [0.25, 0.3) is 11.1 Å². The third-order valence-electron chi connectivity index (χ3n) is 6.05. The van der Waals surface area contributed by atoms with Gasteiger partial charge in [-0.2, -0.15) is 0 Å². The zero-order valence-corrected chi connectivity index (χ0v) is 18.0. The van der Waals surface area contributed by atoms with Crippen LogP contribution in [-0.2, 0) is 4.79 Å². The number of para-hydroxylation sites is 1. The van der Waals surface area contributed by atoms with Gasteiger partial charge in [-0.1, -0.05) is 61.0 Å². The summed E-state index contributed by atoms with van der Waals surface area (Å²) in [4.78, 5) is 36.9. The highest BCUT2D eigenvalue weighted by atomic mass is 16.2. The fourth-order valence-electron chi connectivity index (χ4n) is 4.36. The monoisotopic (exact) mass is 426 g/mol. The summed E-state index contributed by atoms with van der Waals surface area (Å²) in [6.45, 7) is 1.59. The highest BCUT2D eigenvalue weighted by molar-refractivity contribution is 6.01. The van der Waals surface area contributed by atoms with Gasteiger partial charge >= 0.3 is 6.03 Å². The number of ketones is 2. The van der Waals surface area contributed by atoms with Crippen molar-refractivity contribution in [2.24, 2.45) is 11.8 Å². The molecule has 3 aromatic carbocycles. The number of hydrogen-bond donors (Lipinski definition) is 2. The molecule has 0 spiro atoms. The zero-order chi connectivity index (χ0) is 22.5. The first-order valence-electron chi connectivity index (χ1n) is 10.9. The molecule has 2 amide bonds. The average Bonchev–Trinajstić information content (AvgIpc) is 3.30. The average molecular weight is 427 g/mol. The standard InChI is InChI=1S/C27H26N2O3/c1-18(30)24-8-5-9-25(24)26(31)21-12-10-19(11-13-21)20-14-16-23(17-15-20)29-27(32)28-22-6-3-2-4-7-22/h2-4,6-7,10-17,24-25H,5,8-9H2,1H3,(H2,28,29,32)/t24-,25+/m0/s1. The van der Waals surface area contributed by atoms with Crippen molar-refractivity contribution in [3.63, 3.8) is 0 Å². The molecule has 32 heavy (non-hydrogen) atoms. The van der Waals surface area contributed by atoms with Gasteiger partial charge in [-0.25, -0.2) is 4.79 Å². The van der Waals surface area contributed by atoms with Gasteiger partial charge in [0, 0.05) is 28.8 Å². The van der Waals surface area contributed by atoms with E-state index in [1.54, 1.807) is 6.92 Å². The van der Waals surface area contributed by atoms with Gasteiger partial charge in [-0.05, 0) is 55.2 Å². The quantitative estimate of drug-likeness (QED) is 0.462. The minimum absolute atomic E-state index is 0.0678. The number of benzene rings is 3. The summed E-state index contributed by atoms with van der Waals surface area (Å²) >= 11 is 0. The highest BCUT2D eigenvalue weighted by Gasteiger charge is 2.35. The van der Waals surface area contributed by atoms with E-state index in [0.717, 1.165) is 36.1 Å². The molecular weight excluding hydrogens is 400 g/mol. The molecule has 1 saturated carbocycles. The Morgan fingerprint density at radius 3 is 1.81 bits per heavy atom. The predicted molar refractivity (Wildman–Crippen MR) is 127 cm³/mol. The number of Topliss-reactive ketones (excluding diaryl/α,β-unsaturated/α-hetero) is 2. The van der Waals surface area contributed by atoms with E-state index in [0.29, 0.717) is 11.3 Å². The number of amides is 2. The molecule has 1 fully saturated rings. The number of urea groups is 1. The van der Waals surface area contributed by atoms with Crippen LogP contribution in [-0.4, -0.2) is 17.6 Å². The number of carbonyl (C=O) groups excluding carboxylic acids is 3. The first-order chi connectivity index (χ1) is 15.5. The molecule has 0 unspecified atom stereocenters. The van der Waals surface area contributed by atoms with Crippen LogP contribution >= 0.6 is 0 Å². The van der Waals surface area contributed by atoms with Crippen molar-refractivity contribution in [1.29, 1.82) is 0 Å². The molecule has 1 aliphatic carbocycles. The summed E-state index contributed by atoms with van der Waals surface area (Å²) in [5.74, 6) is -0.145. The number of hydrogen-bond acceptors (Lipinski definition) is 3. The van der Waals surface area contributed by atoms with Crippen molar-refractivity contribution in [2.45, 2.75) is 26.2 Å². The molecule has 162 valence electrons. The molecule has 2 atom stereocenters. The van der Waals surface area contributed by atoms with Crippen LogP contribution in [0.5, 0.6) is 0 Å². The Kier molecular flexibility index (Phi) is 6.45. The van der Waals surface area contributed by atoms with Crippen LogP contribution in [0.4, 0.5) is 16.2 Å². The van der Waals surface area contributed by atoms with Crippen LogP contribution < -0.4 is 10.6 Å². The zero-order valence-electron chi connectivity index (χ0n) is 18.0. The van der Waals surface area contributed by atoms with Crippen molar-refractivity contribution in [1.82, 2.24) is 0 Å². The lowest BCUT2D eigenvalue weighted by Gasteiger charge is -2.16. The maximum absolute atomic E-state index is 12.9. The summed E-state index contributed by atoms with van der Waals surface area (Å²) in [5, 5.41) is 5.60. The summed E-state index contributed by atoms with van der Waals surface area (Å²) in [7, 11) is 0. The van der Waals surface area contributed by atoms with E-state index in [-0.39, 0.29) is 29.4 Å². The van der Waals surface area contributed by atoms with Crippen molar-refractivity contribution in [2.75, 3.05) is 10.6 Å². The molecule has 4 rings (SSSR count). The molecule has 3 aromatic rings. The smallest absolute Gasteiger partial charge is 0.308 e. The van der Waals surface area contributed by atoms with Gasteiger partial charge in [0.1, 0.15) is 5.78 Å². The van der Waals surface area contributed by atoms with E-state index in [1.807, 2.05) is 78.9 Å². The summed E-state index contributed by atoms with van der Waals surface area (Å²) in [5.41, 5.74) is 4.04. The summed E-state index contributed by atoms with van der Waals surface area (Å²) < 4.78 is 0. The molecule has 1 aliphatic rings. The lowest BCUT2D eigenvalue weighted by Crippen LogP contribution is -2.24. The highest BCUT2D eigenvalue weighted by Crippen LogP contribution is 2.35. The minimum atomic E-state index is -0.303. The van der Waals surface area contributed by atoms with Gasteiger partial charge in [0.25, 0.3) is 0 Å². The molecule has 0 saturated heterocycles. The Labute approximate surface area is 187 Å². The van der Waals surface area contributed by atoms with E-state index in [9.17, 15) is 14.4 Å². The Morgan fingerprint density at radius 1 is 0.688 bits per heavy atom. The number of anilines is 2. The van der Waals surface area contributed by atoms with Crippen LogP contribution in [0.1, 0.15) is 36.5 Å². The molecule has 5 nitrogen and oxygen atoms in total. The first kappa shape index (κ1) is 21.5. The third-order valence-corrected chi connectivity index (χ3v) is 6.05. The minimum Gasteiger partial charge on any atom is -0.308 e. The largest absolute Gasteiger partial charge is 0.323 e. The van der Waals surface area contributed by atoms with Crippen molar-refractivity contribution in [3.05, 3.63) is 84.4 Å². The number of rotatable bonds is 6. The third kappa shape index (κ3) is 4.94. The maximum Gasteiger partial charge on any atom is 0.323 e. The molecule has 0 heterocycles. The molecule has 2 N–H and O–H groups in total. The van der Waals surface area contributed by atoms with Crippen molar-refractivity contribution < 1.29 is 14.4 Å². The second-order valence-electron chi connectivity index (χ2n) is 8.22. The Balaban J connectivity index is 1.39. The summed E-state index contributed by atoms with van der Waals surface area (Å²) in [6.07, 6.45) is 2.53. The molecular formula is C27H26N2O3. The fourth-order valence-corrected chi connectivity index (χ4v) is 4.36. The number of carbonyl (C=O) groups is 3. The van der Waals surface area contributed by atoms with Crippen molar-refractivity contribution >= 4 is 29.0 Å². The van der Waals surface area contributed by atoms with Gasteiger partial charge in [-0.3, -0.25) is 9.59 Å². The predicted octanol–water partition coefficient (Wildman–Crippen LogP) is 6.19. The molecule has 0 aliphatic heterocycles. The lowest BCUT2D eigenvalue weighted by molar-refractivity contribution is -0.121. The molecule has 0 radical (unpaired) electrons. The van der Waals surface area contributed by atoms with E-state index in [2.05, 4.69) is 10.6 Å². The fraction of sp³-hybridized carbons (Fsp3) is 0.222. The first-order valence-corrected chi connectivity index (χ1v) is 10.9. The van der Waals surface area contributed by atoms with Crippen LogP contribution in [0.3, 0.4) is 0 Å². The van der Waals surface area contributed by atoms with Gasteiger partial charge < -0.3 is 10.6 Å². The van der Waals surface area contributed by atoms with E-state index < -0.39 is 0 Å². The maximum atomic E-state index is 12.9. The van der Waals surface area contributed by atoms with Gasteiger partial charge in [0.2, 0.25) is 0 Å². The lowest BCUT2D eigenvalue weighted by atomic mass is 9.86. The van der Waals surface area contributed by atoms with Crippen LogP contribution in [0, 0.1) is 11.8 Å². The second-order valence-corrected chi connectivity index (χ2v) is 8.22. The van der Waals surface area contributed by atoms with E-state index >= 15 is 0 Å². The van der Waals surface area contributed by atoms with Crippen molar-refractivity contribution in [3.8, 4) is 11.1 Å². The molecule has 0 aromatic heterocycles. The SMILES string of the molecule is CC(=O)[C@@H]1CCC[C@H]1C(=O)c1ccc(-c2ccc(NC(=O)Nc3ccccc3)cc2)cc1. The Bertz CT molecular complexity index is 1110. The summed E-state index contributed by atoms with van der Waals surface area (Å²) in [6, 6.07) is 24.0. The topological polar surface area (TPSA) is 75.3 Å². The second kappa shape index (κ2) is 9.60. The van der Waals surface area contributed by atoms with Gasteiger partial charge in [0.15, 0.2) is 5.78 Å². The Morgan fingerprint density at radius 2 is 1.22 bits per heavy atom. The van der Waals surface area contributed by atoms with E-state index in [1.165, 1.54) is 0 Å². The molecule has 0 bridgehead atoms.